The molecule has 0 amide bonds. The standard InChI is InChI=1S/C13H24N4/c1-3-17-8-7-15-13(17)9-12(16-14)11-6-4-5-10(11)2/h7-8,10-12,16H,3-6,9,14H2,1-2H3. The smallest absolute Gasteiger partial charge is 0.110 e. The number of aryl methyl sites for hydroxylation is 1. The van der Waals surface area contributed by atoms with Gasteiger partial charge in [-0.2, -0.15) is 0 Å². The average molecular weight is 236 g/mol. The number of hydrazine groups is 1. The summed E-state index contributed by atoms with van der Waals surface area (Å²) < 4.78 is 2.20. The highest BCUT2D eigenvalue weighted by Gasteiger charge is 2.31. The maximum Gasteiger partial charge on any atom is 0.110 e. The van der Waals surface area contributed by atoms with Gasteiger partial charge in [-0.1, -0.05) is 19.8 Å². The zero-order valence-electron chi connectivity index (χ0n) is 10.9. The average Bonchev–Trinajstić information content (AvgIpc) is 2.94. The summed E-state index contributed by atoms with van der Waals surface area (Å²) in [7, 11) is 0. The number of nitrogens with two attached hydrogens (primary N) is 1. The largest absolute Gasteiger partial charge is 0.335 e. The van der Waals surface area contributed by atoms with Gasteiger partial charge in [0.05, 0.1) is 0 Å². The summed E-state index contributed by atoms with van der Waals surface area (Å²) in [6.45, 7) is 5.47. The summed E-state index contributed by atoms with van der Waals surface area (Å²) in [5, 5.41) is 0. The predicted molar refractivity (Wildman–Crippen MR) is 69.2 cm³/mol. The SMILES string of the molecule is CCn1ccnc1CC(NN)C1CCCC1C. The van der Waals surface area contributed by atoms with Gasteiger partial charge in [0.1, 0.15) is 5.82 Å². The van der Waals surface area contributed by atoms with E-state index in [1.165, 1.54) is 19.3 Å². The molecule has 0 aliphatic heterocycles. The van der Waals surface area contributed by atoms with Crippen molar-refractivity contribution in [2.45, 2.75) is 52.1 Å². The molecule has 0 aromatic carbocycles. The van der Waals surface area contributed by atoms with E-state index in [4.69, 9.17) is 5.84 Å². The molecule has 96 valence electrons. The fourth-order valence-electron chi connectivity index (χ4n) is 3.12. The van der Waals surface area contributed by atoms with E-state index in [2.05, 4.69) is 28.8 Å². The zero-order chi connectivity index (χ0) is 12.3. The second-order valence-corrected chi connectivity index (χ2v) is 5.18. The summed E-state index contributed by atoms with van der Waals surface area (Å²) in [4.78, 5) is 4.44. The molecule has 1 saturated carbocycles. The van der Waals surface area contributed by atoms with Crippen molar-refractivity contribution < 1.29 is 0 Å². The third-order valence-corrected chi connectivity index (χ3v) is 4.20. The molecule has 4 nitrogen and oxygen atoms in total. The normalized spacial score (nSPS) is 26.3. The molecule has 3 atom stereocenters. The van der Waals surface area contributed by atoms with Crippen LogP contribution in [0.25, 0.3) is 0 Å². The third-order valence-electron chi connectivity index (χ3n) is 4.20. The molecular weight excluding hydrogens is 212 g/mol. The molecule has 3 N–H and O–H groups in total. The lowest BCUT2D eigenvalue weighted by Gasteiger charge is -2.26. The van der Waals surface area contributed by atoms with Crippen molar-refractivity contribution in [1.82, 2.24) is 15.0 Å². The summed E-state index contributed by atoms with van der Waals surface area (Å²) in [6.07, 6.45) is 8.83. The Morgan fingerprint density at radius 2 is 2.41 bits per heavy atom. The van der Waals surface area contributed by atoms with Gasteiger partial charge in [-0.3, -0.25) is 11.3 Å². The predicted octanol–water partition coefficient (Wildman–Crippen LogP) is 1.71. The van der Waals surface area contributed by atoms with Gasteiger partial charge in [0, 0.05) is 31.4 Å². The monoisotopic (exact) mass is 236 g/mol. The molecule has 1 fully saturated rings. The van der Waals surface area contributed by atoms with Gasteiger partial charge in [0.25, 0.3) is 0 Å². The van der Waals surface area contributed by atoms with Crippen molar-refractivity contribution in [3.05, 3.63) is 18.2 Å². The van der Waals surface area contributed by atoms with Crippen molar-refractivity contribution in [3.8, 4) is 0 Å². The number of imidazole rings is 1. The van der Waals surface area contributed by atoms with Crippen LogP contribution in [0.1, 0.15) is 38.9 Å². The lowest BCUT2D eigenvalue weighted by molar-refractivity contribution is 0.292. The van der Waals surface area contributed by atoms with E-state index < -0.39 is 0 Å². The van der Waals surface area contributed by atoms with Crippen LogP contribution in [0.15, 0.2) is 12.4 Å². The van der Waals surface area contributed by atoms with Crippen molar-refractivity contribution in [2.24, 2.45) is 17.7 Å². The Morgan fingerprint density at radius 3 is 3.00 bits per heavy atom. The van der Waals surface area contributed by atoms with Crippen molar-refractivity contribution in [3.63, 3.8) is 0 Å². The second-order valence-electron chi connectivity index (χ2n) is 5.18. The molecule has 17 heavy (non-hydrogen) atoms. The first kappa shape index (κ1) is 12.6. The second kappa shape index (κ2) is 5.65. The van der Waals surface area contributed by atoms with E-state index in [0.717, 1.165) is 24.7 Å². The number of nitrogens with one attached hydrogen (secondary N) is 1. The summed E-state index contributed by atoms with van der Waals surface area (Å²) in [5.74, 6) is 8.36. The molecule has 1 aliphatic carbocycles. The van der Waals surface area contributed by atoms with E-state index in [9.17, 15) is 0 Å². The van der Waals surface area contributed by atoms with Crippen LogP contribution in [0, 0.1) is 11.8 Å². The molecule has 1 aromatic rings. The minimum atomic E-state index is 0.361. The number of aromatic nitrogens is 2. The van der Waals surface area contributed by atoms with Gasteiger partial charge >= 0.3 is 0 Å². The van der Waals surface area contributed by atoms with Crippen LogP contribution < -0.4 is 11.3 Å². The van der Waals surface area contributed by atoms with E-state index in [-0.39, 0.29) is 0 Å². The molecule has 2 rings (SSSR count). The Hall–Kier alpha value is -0.870. The zero-order valence-corrected chi connectivity index (χ0v) is 10.9. The highest BCUT2D eigenvalue weighted by molar-refractivity contribution is 4.98. The van der Waals surface area contributed by atoms with Crippen LogP contribution in [0.5, 0.6) is 0 Å². The number of rotatable bonds is 5. The summed E-state index contributed by atoms with van der Waals surface area (Å²) in [6, 6.07) is 0.361. The first-order valence-electron chi connectivity index (χ1n) is 6.72. The molecule has 3 unspecified atom stereocenters. The number of hydrogen-bond donors (Lipinski definition) is 2. The molecule has 0 bridgehead atoms. The summed E-state index contributed by atoms with van der Waals surface area (Å²) >= 11 is 0. The first-order chi connectivity index (χ1) is 8.26. The van der Waals surface area contributed by atoms with Gasteiger partial charge < -0.3 is 4.57 Å². The minimum absolute atomic E-state index is 0.361. The van der Waals surface area contributed by atoms with E-state index in [1.54, 1.807) is 0 Å². The topological polar surface area (TPSA) is 55.9 Å². The van der Waals surface area contributed by atoms with Crippen LogP contribution in [0.4, 0.5) is 0 Å². The lowest BCUT2D eigenvalue weighted by Crippen LogP contribution is -2.43. The molecule has 0 radical (unpaired) electrons. The highest BCUT2D eigenvalue weighted by Crippen LogP contribution is 2.34. The molecule has 0 spiro atoms. The minimum Gasteiger partial charge on any atom is -0.335 e. The first-order valence-corrected chi connectivity index (χ1v) is 6.72. The van der Waals surface area contributed by atoms with E-state index in [0.29, 0.717) is 12.0 Å². The molecule has 1 aliphatic rings. The van der Waals surface area contributed by atoms with Crippen molar-refractivity contribution in [2.75, 3.05) is 0 Å². The number of nitrogens with zero attached hydrogens (tertiary/aromatic N) is 2. The maximum absolute atomic E-state index is 5.74. The summed E-state index contributed by atoms with van der Waals surface area (Å²) in [5.41, 5.74) is 3.01. The lowest BCUT2D eigenvalue weighted by atomic mass is 9.88. The number of hydrogen-bond acceptors (Lipinski definition) is 3. The Kier molecular flexibility index (Phi) is 4.18. The van der Waals surface area contributed by atoms with Gasteiger partial charge in [-0.15, -0.1) is 0 Å². The Labute approximate surface area is 104 Å². The van der Waals surface area contributed by atoms with Crippen molar-refractivity contribution in [1.29, 1.82) is 0 Å². The van der Waals surface area contributed by atoms with Crippen LogP contribution in [0.3, 0.4) is 0 Å². The van der Waals surface area contributed by atoms with Crippen molar-refractivity contribution >= 4 is 0 Å². The van der Waals surface area contributed by atoms with Crippen LogP contribution in [0.2, 0.25) is 0 Å². The molecule has 1 aromatic heterocycles. The highest BCUT2D eigenvalue weighted by atomic mass is 15.2. The van der Waals surface area contributed by atoms with Gasteiger partial charge in [-0.05, 0) is 25.2 Å². The van der Waals surface area contributed by atoms with E-state index in [1.807, 2.05) is 12.4 Å². The van der Waals surface area contributed by atoms with Crippen LogP contribution in [-0.2, 0) is 13.0 Å². The fourth-order valence-corrected chi connectivity index (χ4v) is 3.12. The molecule has 0 saturated heterocycles. The Balaban J connectivity index is 2.04. The third kappa shape index (κ3) is 2.69. The Morgan fingerprint density at radius 1 is 1.59 bits per heavy atom. The Bertz CT molecular complexity index is 347. The maximum atomic E-state index is 5.74. The van der Waals surface area contributed by atoms with Crippen LogP contribution >= 0.6 is 0 Å². The van der Waals surface area contributed by atoms with Gasteiger partial charge in [0.2, 0.25) is 0 Å². The fraction of sp³-hybridized carbons (Fsp3) is 0.769. The van der Waals surface area contributed by atoms with Crippen LogP contribution in [-0.4, -0.2) is 15.6 Å². The quantitative estimate of drug-likeness (QED) is 0.604. The molecule has 1 heterocycles. The van der Waals surface area contributed by atoms with Gasteiger partial charge in [-0.25, -0.2) is 4.98 Å². The van der Waals surface area contributed by atoms with E-state index >= 15 is 0 Å². The van der Waals surface area contributed by atoms with Gasteiger partial charge in [0.15, 0.2) is 0 Å². The molecular formula is C13H24N4. The molecule has 4 heteroatoms.